The van der Waals surface area contributed by atoms with Crippen molar-refractivity contribution in [3.8, 4) is 11.1 Å². The highest BCUT2D eigenvalue weighted by atomic mass is 14.6. The molecule has 0 aliphatic carbocycles. The van der Waals surface area contributed by atoms with Gasteiger partial charge < -0.3 is 12.3 Å². The minimum Gasteiger partial charge on any atom is -0.344 e. The Hall–Kier alpha value is -2.49. The molecule has 20 heavy (non-hydrogen) atoms. The van der Waals surface area contributed by atoms with E-state index in [0.717, 1.165) is 0 Å². The summed E-state index contributed by atoms with van der Waals surface area (Å²) >= 11 is 0. The first-order valence-corrected chi connectivity index (χ1v) is 5.92. The van der Waals surface area contributed by atoms with Gasteiger partial charge in [-0.25, -0.2) is 0 Å². The van der Waals surface area contributed by atoms with Crippen LogP contribution in [0.1, 0.15) is 0 Å². The van der Waals surface area contributed by atoms with Gasteiger partial charge in [0.05, 0.1) is 0 Å². The molecule has 1 aromatic heterocycles. The summed E-state index contributed by atoms with van der Waals surface area (Å²) in [7, 11) is 0. The van der Waals surface area contributed by atoms with Crippen molar-refractivity contribution in [2.75, 3.05) is 0 Å². The molecule has 6 N–H and O–H groups in total. The Balaban J connectivity index is 0.000000390. The smallest absolute Gasteiger partial charge is 0.0267 e. The van der Waals surface area contributed by atoms with Crippen LogP contribution in [0.2, 0.25) is 0 Å². The first kappa shape index (κ1) is 17.5. The van der Waals surface area contributed by atoms with Gasteiger partial charge in [-0.1, -0.05) is 66.7 Å². The Morgan fingerprint density at radius 3 is 1.05 bits per heavy atom. The van der Waals surface area contributed by atoms with E-state index in [2.05, 4.69) is 53.5 Å². The Labute approximate surface area is 120 Å². The van der Waals surface area contributed by atoms with Crippen LogP contribution in [0.15, 0.2) is 91.3 Å². The van der Waals surface area contributed by atoms with Gasteiger partial charge in [-0.05, 0) is 23.3 Å². The molecule has 0 aliphatic rings. The van der Waals surface area contributed by atoms with E-state index in [1.807, 2.05) is 30.3 Å². The SMILES string of the molecule is N.N.c1ccc(-c2ccccc2)cc1.c1ccncc1. The van der Waals surface area contributed by atoms with Crippen molar-refractivity contribution in [3.05, 3.63) is 91.3 Å². The molecule has 0 amide bonds. The molecule has 1 heterocycles. The van der Waals surface area contributed by atoms with Crippen LogP contribution in [-0.4, -0.2) is 4.98 Å². The maximum Gasteiger partial charge on any atom is 0.0267 e. The highest BCUT2D eigenvalue weighted by Crippen LogP contribution is 2.17. The van der Waals surface area contributed by atoms with E-state index in [1.54, 1.807) is 12.4 Å². The molecular weight excluding hydrogens is 246 g/mol. The fraction of sp³-hybridized carbons (Fsp3) is 0. The number of benzene rings is 2. The second kappa shape index (κ2) is 10.4. The molecule has 0 saturated carbocycles. The molecule has 0 fully saturated rings. The van der Waals surface area contributed by atoms with Crippen LogP contribution in [0, 0.1) is 0 Å². The van der Waals surface area contributed by atoms with E-state index in [-0.39, 0.29) is 12.3 Å². The quantitative estimate of drug-likeness (QED) is 0.666. The zero-order chi connectivity index (χ0) is 12.5. The number of hydrogen-bond acceptors (Lipinski definition) is 3. The topological polar surface area (TPSA) is 82.9 Å². The van der Waals surface area contributed by atoms with E-state index in [4.69, 9.17) is 0 Å². The van der Waals surface area contributed by atoms with E-state index in [1.165, 1.54) is 11.1 Å². The summed E-state index contributed by atoms with van der Waals surface area (Å²) in [6, 6.07) is 26.5. The van der Waals surface area contributed by atoms with Crippen molar-refractivity contribution in [1.82, 2.24) is 17.3 Å². The highest BCUT2D eigenvalue weighted by molar-refractivity contribution is 5.62. The molecule has 3 aromatic rings. The minimum absolute atomic E-state index is 0. The van der Waals surface area contributed by atoms with Gasteiger partial charge in [-0.2, -0.15) is 0 Å². The summed E-state index contributed by atoms with van der Waals surface area (Å²) in [5, 5.41) is 0. The van der Waals surface area contributed by atoms with Gasteiger partial charge in [-0.3, -0.25) is 4.98 Å². The molecule has 3 nitrogen and oxygen atoms in total. The lowest BCUT2D eigenvalue weighted by atomic mass is 10.1. The van der Waals surface area contributed by atoms with Crippen LogP contribution in [0.25, 0.3) is 11.1 Å². The van der Waals surface area contributed by atoms with Crippen LogP contribution < -0.4 is 12.3 Å². The fourth-order valence-corrected chi connectivity index (χ4v) is 1.57. The molecule has 3 rings (SSSR count). The summed E-state index contributed by atoms with van der Waals surface area (Å²) in [6.07, 6.45) is 3.50. The van der Waals surface area contributed by atoms with Gasteiger partial charge in [0, 0.05) is 12.4 Å². The lowest BCUT2D eigenvalue weighted by molar-refractivity contribution is 1.33. The van der Waals surface area contributed by atoms with Crippen molar-refractivity contribution in [1.29, 1.82) is 0 Å². The van der Waals surface area contributed by atoms with Crippen molar-refractivity contribution in [2.24, 2.45) is 0 Å². The Kier molecular flexibility index (Phi) is 9.14. The van der Waals surface area contributed by atoms with Crippen molar-refractivity contribution >= 4 is 0 Å². The average molecular weight is 267 g/mol. The Bertz CT molecular complexity index is 475. The molecular formula is C17H21N3. The van der Waals surface area contributed by atoms with Crippen LogP contribution in [0.4, 0.5) is 0 Å². The Morgan fingerprint density at radius 2 is 0.800 bits per heavy atom. The third-order valence-corrected chi connectivity index (χ3v) is 2.45. The molecule has 104 valence electrons. The second-order valence-corrected chi connectivity index (χ2v) is 3.76. The second-order valence-electron chi connectivity index (χ2n) is 3.76. The standard InChI is InChI=1S/C12H10.C5H5N.2H3N/c1-3-7-11(8-4-1)12-9-5-2-6-10-12;1-2-4-6-5-3-1;;/h1-10H;1-5H;2*1H3. The third kappa shape index (κ3) is 5.91. The Morgan fingerprint density at radius 1 is 0.450 bits per heavy atom. The normalized spacial score (nSPS) is 8.20. The van der Waals surface area contributed by atoms with Crippen molar-refractivity contribution in [3.63, 3.8) is 0 Å². The maximum atomic E-state index is 3.78. The molecule has 0 atom stereocenters. The van der Waals surface area contributed by atoms with Gasteiger partial charge in [0.25, 0.3) is 0 Å². The summed E-state index contributed by atoms with van der Waals surface area (Å²) in [6.45, 7) is 0. The van der Waals surface area contributed by atoms with E-state index in [0.29, 0.717) is 0 Å². The molecule has 0 saturated heterocycles. The summed E-state index contributed by atoms with van der Waals surface area (Å²) in [4.78, 5) is 3.78. The number of aromatic nitrogens is 1. The fourth-order valence-electron chi connectivity index (χ4n) is 1.57. The minimum atomic E-state index is 0. The molecule has 0 radical (unpaired) electrons. The van der Waals surface area contributed by atoms with Gasteiger partial charge in [0.15, 0.2) is 0 Å². The largest absolute Gasteiger partial charge is 0.344 e. The van der Waals surface area contributed by atoms with Crippen molar-refractivity contribution in [2.45, 2.75) is 0 Å². The maximum absolute atomic E-state index is 3.78. The number of hydrogen-bond donors (Lipinski definition) is 2. The lowest BCUT2D eigenvalue weighted by Crippen LogP contribution is -1.73. The summed E-state index contributed by atoms with van der Waals surface area (Å²) < 4.78 is 0. The third-order valence-electron chi connectivity index (χ3n) is 2.45. The van der Waals surface area contributed by atoms with E-state index in [9.17, 15) is 0 Å². The van der Waals surface area contributed by atoms with Crippen LogP contribution in [0.5, 0.6) is 0 Å². The van der Waals surface area contributed by atoms with Crippen LogP contribution >= 0.6 is 0 Å². The van der Waals surface area contributed by atoms with Crippen LogP contribution in [-0.2, 0) is 0 Å². The zero-order valence-electron chi connectivity index (χ0n) is 11.5. The van der Waals surface area contributed by atoms with Crippen molar-refractivity contribution < 1.29 is 0 Å². The average Bonchev–Trinajstić information content (AvgIpc) is 2.51. The monoisotopic (exact) mass is 267 g/mol. The zero-order valence-corrected chi connectivity index (χ0v) is 11.5. The first-order chi connectivity index (χ1) is 8.97. The summed E-state index contributed by atoms with van der Waals surface area (Å²) in [5.41, 5.74) is 2.55. The molecule has 3 heteroatoms. The van der Waals surface area contributed by atoms with Gasteiger partial charge in [0.2, 0.25) is 0 Å². The van der Waals surface area contributed by atoms with Gasteiger partial charge in [0.1, 0.15) is 0 Å². The lowest BCUT2D eigenvalue weighted by Gasteiger charge is -1.98. The molecule has 0 spiro atoms. The number of pyridine rings is 1. The van der Waals surface area contributed by atoms with Crippen LogP contribution in [0.3, 0.4) is 0 Å². The number of rotatable bonds is 1. The molecule has 0 unspecified atom stereocenters. The van der Waals surface area contributed by atoms with E-state index < -0.39 is 0 Å². The first-order valence-electron chi connectivity index (χ1n) is 5.92. The molecule has 0 bridgehead atoms. The van der Waals surface area contributed by atoms with Gasteiger partial charge in [-0.15, -0.1) is 0 Å². The van der Waals surface area contributed by atoms with E-state index >= 15 is 0 Å². The highest BCUT2D eigenvalue weighted by Gasteiger charge is 1.91. The number of nitrogens with zero attached hydrogens (tertiary/aromatic N) is 1. The van der Waals surface area contributed by atoms with Gasteiger partial charge >= 0.3 is 0 Å². The predicted molar refractivity (Wildman–Crippen MR) is 86.2 cm³/mol. The predicted octanol–water partition coefficient (Wildman–Crippen LogP) is 4.76. The summed E-state index contributed by atoms with van der Waals surface area (Å²) in [5.74, 6) is 0. The molecule has 0 aliphatic heterocycles. The molecule has 2 aromatic carbocycles.